The number of hydrogen-bond donors (Lipinski definition) is 1. The molecule has 0 fully saturated rings. The predicted molar refractivity (Wildman–Crippen MR) is 96.5 cm³/mol. The van der Waals surface area contributed by atoms with Crippen molar-refractivity contribution in [2.24, 2.45) is 0 Å². The first-order valence-electron chi connectivity index (χ1n) is 7.25. The Labute approximate surface area is 153 Å². The van der Waals surface area contributed by atoms with Gasteiger partial charge in [0.25, 0.3) is 0 Å². The molecule has 1 amide bonds. The van der Waals surface area contributed by atoms with Crippen molar-refractivity contribution in [2.45, 2.75) is 5.16 Å². The van der Waals surface area contributed by atoms with Crippen LogP contribution >= 0.6 is 23.4 Å². The highest BCUT2D eigenvalue weighted by Crippen LogP contribution is 2.26. The van der Waals surface area contributed by atoms with E-state index >= 15 is 0 Å². The van der Waals surface area contributed by atoms with Crippen molar-refractivity contribution in [2.75, 3.05) is 18.2 Å². The summed E-state index contributed by atoms with van der Waals surface area (Å²) in [5.74, 6) is 1.10. The van der Waals surface area contributed by atoms with Crippen LogP contribution < -0.4 is 10.1 Å². The topological polar surface area (TPSA) is 81.9 Å². The quantitative estimate of drug-likeness (QED) is 0.667. The Morgan fingerprint density at radius 1 is 1.32 bits per heavy atom. The minimum absolute atomic E-state index is 0.165. The maximum atomic E-state index is 12.1. The number of rotatable bonds is 6. The maximum Gasteiger partial charge on any atom is 0.236 e. The van der Waals surface area contributed by atoms with E-state index in [0.29, 0.717) is 21.7 Å². The van der Waals surface area contributed by atoms with E-state index < -0.39 is 0 Å². The number of carbonyl (C=O) groups excluding carboxylic acids is 1. The lowest BCUT2D eigenvalue weighted by atomic mass is 10.3. The molecule has 7 nitrogen and oxygen atoms in total. The van der Waals surface area contributed by atoms with E-state index in [1.165, 1.54) is 18.0 Å². The SMILES string of the molecule is COc1ccccc1-n1cnnc1SCC(=O)Nc1ccc(Cl)cn1. The van der Waals surface area contributed by atoms with Crippen molar-refractivity contribution in [3.05, 3.63) is 53.9 Å². The van der Waals surface area contributed by atoms with Crippen LogP contribution in [0.5, 0.6) is 5.75 Å². The number of hydrogen-bond acceptors (Lipinski definition) is 6. The number of ether oxygens (including phenoxy) is 1. The number of nitrogens with zero attached hydrogens (tertiary/aromatic N) is 4. The number of methoxy groups -OCH3 is 1. The lowest BCUT2D eigenvalue weighted by Gasteiger charge is -2.10. The third-order valence-corrected chi connectivity index (χ3v) is 4.36. The van der Waals surface area contributed by atoms with Crippen LogP contribution in [0.1, 0.15) is 0 Å². The van der Waals surface area contributed by atoms with Gasteiger partial charge in [-0.1, -0.05) is 35.5 Å². The van der Waals surface area contributed by atoms with E-state index in [2.05, 4.69) is 20.5 Å². The normalized spacial score (nSPS) is 10.5. The van der Waals surface area contributed by atoms with Crippen LogP contribution in [-0.2, 0) is 4.79 Å². The van der Waals surface area contributed by atoms with Gasteiger partial charge < -0.3 is 10.1 Å². The zero-order valence-corrected chi connectivity index (χ0v) is 14.8. The second-order valence-corrected chi connectivity index (χ2v) is 6.23. The highest BCUT2D eigenvalue weighted by Gasteiger charge is 2.13. The summed E-state index contributed by atoms with van der Waals surface area (Å²) in [7, 11) is 1.60. The molecular formula is C16H14ClN5O2S. The minimum Gasteiger partial charge on any atom is -0.495 e. The molecule has 0 saturated heterocycles. The van der Waals surface area contributed by atoms with Gasteiger partial charge in [-0.2, -0.15) is 0 Å². The molecule has 0 unspecified atom stereocenters. The standard InChI is InChI=1S/C16H14ClN5O2S/c1-24-13-5-3-2-4-12(13)22-10-19-21-16(22)25-9-15(23)20-14-7-6-11(17)8-18-14/h2-8,10H,9H2,1H3,(H,18,20,23). The Bertz CT molecular complexity index is 869. The fraction of sp³-hybridized carbons (Fsp3) is 0.125. The summed E-state index contributed by atoms with van der Waals surface area (Å²) in [6, 6.07) is 10.8. The average molecular weight is 376 g/mol. The number of carbonyl (C=O) groups is 1. The number of pyridine rings is 1. The predicted octanol–water partition coefficient (Wildman–Crippen LogP) is 3.06. The Morgan fingerprint density at radius 3 is 2.92 bits per heavy atom. The van der Waals surface area contributed by atoms with E-state index in [1.54, 1.807) is 30.1 Å². The molecule has 0 bridgehead atoms. The molecule has 0 aliphatic rings. The first kappa shape index (κ1) is 17.2. The number of halogens is 1. The van der Waals surface area contributed by atoms with E-state index in [0.717, 1.165) is 5.69 Å². The van der Waals surface area contributed by atoms with Crippen molar-refractivity contribution >= 4 is 35.1 Å². The number of amides is 1. The van der Waals surface area contributed by atoms with Gasteiger partial charge in [0.15, 0.2) is 5.16 Å². The van der Waals surface area contributed by atoms with Gasteiger partial charge >= 0.3 is 0 Å². The van der Waals surface area contributed by atoms with Crippen LogP contribution in [0.3, 0.4) is 0 Å². The van der Waals surface area contributed by atoms with E-state index in [4.69, 9.17) is 16.3 Å². The number of para-hydroxylation sites is 2. The molecule has 3 aromatic rings. The van der Waals surface area contributed by atoms with E-state index in [9.17, 15) is 4.79 Å². The van der Waals surface area contributed by atoms with E-state index in [1.807, 2.05) is 24.3 Å². The highest BCUT2D eigenvalue weighted by molar-refractivity contribution is 7.99. The molecule has 1 aromatic carbocycles. The van der Waals surface area contributed by atoms with Crippen LogP contribution in [0.2, 0.25) is 5.02 Å². The van der Waals surface area contributed by atoms with E-state index in [-0.39, 0.29) is 11.7 Å². The largest absolute Gasteiger partial charge is 0.495 e. The molecule has 2 heterocycles. The first-order valence-corrected chi connectivity index (χ1v) is 8.61. The van der Waals surface area contributed by atoms with Crippen molar-refractivity contribution in [3.8, 4) is 11.4 Å². The second-order valence-electron chi connectivity index (χ2n) is 4.85. The molecule has 3 rings (SSSR count). The summed E-state index contributed by atoms with van der Waals surface area (Å²) in [5.41, 5.74) is 0.803. The zero-order chi connectivity index (χ0) is 17.6. The Kier molecular flexibility index (Phi) is 5.52. The molecule has 0 aliphatic heterocycles. The van der Waals surface area contributed by atoms with Crippen LogP contribution in [0.25, 0.3) is 5.69 Å². The molecule has 0 atom stereocenters. The smallest absolute Gasteiger partial charge is 0.236 e. The third-order valence-electron chi connectivity index (χ3n) is 3.19. The molecule has 0 saturated carbocycles. The fourth-order valence-corrected chi connectivity index (χ4v) is 2.91. The lowest BCUT2D eigenvalue weighted by molar-refractivity contribution is -0.113. The van der Waals surface area contributed by atoms with Crippen LogP contribution in [-0.4, -0.2) is 38.5 Å². The number of aromatic nitrogens is 4. The average Bonchev–Trinajstić information content (AvgIpc) is 3.10. The summed E-state index contributed by atoms with van der Waals surface area (Å²) in [4.78, 5) is 16.1. The molecule has 0 spiro atoms. The number of thioether (sulfide) groups is 1. The summed E-state index contributed by atoms with van der Waals surface area (Å²) >= 11 is 7.04. The minimum atomic E-state index is -0.200. The fourth-order valence-electron chi connectivity index (χ4n) is 2.08. The molecule has 2 aromatic heterocycles. The Morgan fingerprint density at radius 2 is 2.16 bits per heavy atom. The second kappa shape index (κ2) is 8.00. The summed E-state index contributed by atoms with van der Waals surface area (Å²) in [5, 5.41) is 11.8. The van der Waals surface area contributed by atoms with Gasteiger partial charge in [-0.05, 0) is 24.3 Å². The van der Waals surface area contributed by atoms with Gasteiger partial charge in [0.2, 0.25) is 5.91 Å². The molecule has 128 valence electrons. The van der Waals surface area contributed by atoms with Gasteiger partial charge in [0, 0.05) is 6.20 Å². The van der Waals surface area contributed by atoms with Gasteiger partial charge in [0.05, 0.1) is 23.6 Å². The number of benzene rings is 1. The highest BCUT2D eigenvalue weighted by atomic mass is 35.5. The Hall–Kier alpha value is -2.58. The monoisotopic (exact) mass is 375 g/mol. The molecular weight excluding hydrogens is 362 g/mol. The molecule has 0 radical (unpaired) electrons. The number of nitrogens with one attached hydrogen (secondary N) is 1. The van der Waals surface area contributed by atoms with Gasteiger partial charge in [-0.15, -0.1) is 10.2 Å². The van der Waals surface area contributed by atoms with Crippen molar-refractivity contribution < 1.29 is 9.53 Å². The summed E-state index contributed by atoms with van der Waals surface area (Å²) in [6.45, 7) is 0. The van der Waals surface area contributed by atoms with Crippen molar-refractivity contribution in [3.63, 3.8) is 0 Å². The van der Waals surface area contributed by atoms with Crippen LogP contribution in [0, 0.1) is 0 Å². The summed E-state index contributed by atoms with van der Waals surface area (Å²) < 4.78 is 7.13. The Balaban J connectivity index is 1.67. The molecule has 1 N–H and O–H groups in total. The first-order chi connectivity index (χ1) is 12.2. The number of anilines is 1. The van der Waals surface area contributed by atoms with Gasteiger partial charge in [0.1, 0.15) is 17.9 Å². The third kappa shape index (κ3) is 4.28. The maximum absolute atomic E-state index is 12.1. The summed E-state index contributed by atoms with van der Waals surface area (Å²) in [6.07, 6.45) is 3.06. The molecule has 25 heavy (non-hydrogen) atoms. The van der Waals surface area contributed by atoms with Gasteiger partial charge in [-0.25, -0.2) is 4.98 Å². The van der Waals surface area contributed by atoms with Crippen molar-refractivity contribution in [1.29, 1.82) is 0 Å². The van der Waals surface area contributed by atoms with Crippen LogP contribution in [0.15, 0.2) is 54.1 Å². The van der Waals surface area contributed by atoms with Gasteiger partial charge in [-0.3, -0.25) is 9.36 Å². The molecule has 0 aliphatic carbocycles. The van der Waals surface area contributed by atoms with Crippen LogP contribution in [0.4, 0.5) is 5.82 Å². The zero-order valence-electron chi connectivity index (χ0n) is 13.2. The molecule has 9 heteroatoms. The lowest BCUT2D eigenvalue weighted by Crippen LogP contribution is -2.15. The van der Waals surface area contributed by atoms with Crippen molar-refractivity contribution in [1.82, 2.24) is 19.7 Å².